The quantitative estimate of drug-likeness (QED) is 0.223. The first kappa shape index (κ1) is 24.0. The van der Waals surface area contributed by atoms with Crippen molar-refractivity contribution in [3.05, 3.63) is 99.3 Å². The van der Waals surface area contributed by atoms with Gasteiger partial charge in [0.2, 0.25) is 0 Å². The van der Waals surface area contributed by atoms with Gasteiger partial charge in [-0.1, -0.05) is 34.1 Å². The summed E-state index contributed by atoms with van der Waals surface area (Å²) >= 11 is 3.31. The molecule has 1 amide bonds. The maximum absolute atomic E-state index is 13.4. The van der Waals surface area contributed by atoms with Crippen molar-refractivity contribution in [1.29, 1.82) is 5.26 Å². The van der Waals surface area contributed by atoms with Gasteiger partial charge < -0.3 is 10.1 Å². The predicted octanol–water partition coefficient (Wildman–Crippen LogP) is 6.73. The molecule has 3 rings (SSSR count). The normalized spacial score (nSPS) is 11.6. The topological polar surface area (TPSA) is 62.1 Å². The van der Waals surface area contributed by atoms with Gasteiger partial charge in [0.25, 0.3) is 5.91 Å². The van der Waals surface area contributed by atoms with E-state index in [0.29, 0.717) is 21.3 Å². The Morgan fingerprint density at radius 3 is 2.55 bits per heavy atom. The number of nitriles is 1. The number of nitrogens with zero attached hydrogens (tertiary/aromatic N) is 1. The van der Waals surface area contributed by atoms with Crippen LogP contribution in [0.15, 0.2) is 76.8 Å². The highest BCUT2D eigenvalue weighted by Gasteiger charge is 2.30. The number of anilines is 1. The molecule has 0 unspecified atom stereocenters. The minimum Gasteiger partial charge on any atom is -0.488 e. The molecule has 0 spiro atoms. The molecule has 0 saturated heterocycles. The van der Waals surface area contributed by atoms with Crippen molar-refractivity contribution in [2.45, 2.75) is 12.8 Å². The van der Waals surface area contributed by atoms with E-state index in [9.17, 15) is 27.6 Å². The van der Waals surface area contributed by atoms with E-state index in [1.807, 2.05) is 0 Å². The summed E-state index contributed by atoms with van der Waals surface area (Å²) in [5, 5.41) is 11.8. The lowest BCUT2D eigenvalue weighted by atomic mass is 10.1. The van der Waals surface area contributed by atoms with Crippen LogP contribution in [0.1, 0.15) is 16.7 Å². The van der Waals surface area contributed by atoms with Crippen LogP contribution >= 0.6 is 15.9 Å². The number of hydrogen-bond acceptors (Lipinski definition) is 3. The lowest BCUT2D eigenvalue weighted by Crippen LogP contribution is -2.14. The van der Waals surface area contributed by atoms with Crippen molar-refractivity contribution in [3.8, 4) is 11.8 Å². The minimum atomic E-state index is -4.57. The fraction of sp³-hybridized carbons (Fsp3) is 0.0833. The van der Waals surface area contributed by atoms with Crippen LogP contribution in [-0.2, 0) is 17.6 Å². The molecule has 4 nitrogen and oxygen atoms in total. The zero-order chi connectivity index (χ0) is 24.0. The first-order valence-corrected chi connectivity index (χ1v) is 10.2. The van der Waals surface area contributed by atoms with Crippen LogP contribution in [0, 0.1) is 17.1 Å². The molecule has 0 atom stereocenters. The van der Waals surface area contributed by atoms with Crippen LogP contribution in [0.4, 0.5) is 23.2 Å². The van der Waals surface area contributed by atoms with E-state index in [2.05, 4.69) is 21.2 Å². The first-order valence-electron chi connectivity index (χ1n) is 9.43. The molecular weight excluding hydrogens is 504 g/mol. The van der Waals surface area contributed by atoms with Crippen LogP contribution in [0.25, 0.3) is 6.08 Å². The zero-order valence-corrected chi connectivity index (χ0v) is 18.4. The largest absolute Gasteiger partial charge is 0.488 e. The summed E-state index contributed by atoms with van der Waals surface area (Å²) in [7, 11) is 0. The van der Waals surface area contributed by atoms with Crippen molar-refractivity contribution in [1.82, 2.24) is 0 Å². The van der Waals surface area contributed by atoms with Gasteiger partial charge in [0.1, 0.15) is 29.8 Å². The Balaban J connectivity index is 1.83. The van der Waals surface area contributed by atoms with Gasteiger partial charge in [0.05, 0.1) is 5.56 Å². The molecule has 1 N–H and O–H groups in total. The summed E-state index contributed by atoms with van der Waals surface area (Å²) < 4.78 is 58.5. The number of carbonyl (C=O) groups is 1. The molecule has 33 heavy (non-hydrogen) atoms. The third-order valence-electron chi connectivity index (χ3n) is 4.37. The van der Waals surface area contributed by atoms with Crippen molar-refractivity contribution in [2.75, 3.05) is 5.32 Å². The second-order valence-corrected chi connectivity index (χ2v) is 7.72. The van der Waals surface area contributed by atoms with E-state index in [4.69, 9.17) is 4.74 Å². The smallest absolute Gasteiger partial charge is 0.416 e. The van der Waals surface area contributed by atoms with E-state index in [1.54, 1.807) is 36.4 Å². The molecule has 0 saturated carbocycles. The van der Waals surface area contributed by atoms with Crippen LogP contribution < -0.4 is 10.1 Å². The highest BCUT2D eigenvalue weighted by molar-refractivity contribution is 9.10. The van der Waals surface area contributed by atoms with E-state index >= 15 is 0 Å². The van der Waals surface area contributed by atoms with E-state index in [-0.39, 0.29) is 17.9 Å². The third kappa shape index (κ3) is 6.67. The molecule has 3 aromatic rings. The molecule has 0 heterocycles. The summed E-state index contributed by atoms with van der Waals surface area (Å²) in [5.74, 6) is -0.972. The molecule has 0 aliphatic heterocycles. The molecule has 0 radical (unpaired) electrons. The number of nitrogens with one attached hydrogen (secondary N) is 1. The molecule has 168 valence electrons. The van der Waals surface area contributed by atoms with E-state index < -0.39 is 23.5 Å². The van der Waals surface area contributed by atoms with Gasteiger partial charge in [-0.15, -0.1) is 0 Å². The number of ether oxygens (including phenoxy) is 1. The van der Waals surface area contributed by atoms with Gasteiger partial charge in [-0.3, -0.25) is 4.79 Å². The van der Waals surface area contributed by atoms with E-state index in [0.717, 1.165) is 18.2 Å². The first-order chi connectivity index (χ1) is 15.7. The van der Waals surface area contributed by atoms with Crippen molar-refractivity contribution in [3.63, 3.8) is 0 Å². The predicted molar refractivity (Wildman–Crippen MR) is 119 cm³/mol. The molecule has 3 aromatic carbocycles. The Hall–Kier alpha value is -3.64. The number of hydrogen-bond donors (Lipinski definition) is 1. The number of alkyl halides is 3. The Morgan fingerprint density at radius 1 is 1.09 bits per heavy atom. The number of carbonyl (C=O) groups excluding carboxylic acids is 1. The second kappa shape index (κ2) is 10.3. The Bertz CT molecular complexity index is 1250. The van der Waals surface area contributed by atoms with Crippen molar-refractivity contribution < 1.29 is 27.1 Å². The highest BCUT2D eigenvalue weighted by Crippen LogP contribution is 2.31. The summed E-state index contributed by atoms with van der Waals surface area (Å²) in [6.07, 6.45) is -3.31. The zero-order valence-electron chi connectivity index (χ0n) is 16.8. The molecule has 9 heteroatoms. The minimum absolute atomic E-state index is 0.0402. The van der Waals surface area contributed by atoms with Crippen molar-refractivity contribution in [2.24, 2.45) is 0 Å². The summed E-state index contributed by atoms with van der Waals surface area (Å²) in [6, 6.07) is 16.6. The van der Waals surface area contributed by atoms with Gasteiger partial charge in [-0.05, 0) is 60.2 Å². The molecular formula is C24H15BrF4N2O2. The highest BCUT2D eigenvalue weighted by atomic mass is 79.9. The standard InChI is InChI=1S/C24H15BrF4N2O2/c25-19-7-8-22(33-14-15-3-1-5-20(26)9-15)16(11-19)10-17(13-30)23(32)31-21-6-2-4-18(12-21)24(27,28)29/h1-12H,14H2,(H,31,32)/b17-10+. The number of amides is 1. The van der Waals surface area contributed by atoms with Crippen LogP contribution in [0.2, 0.25) is 0 Å². The maximum Gasteiger partial charge on any atom is 0.416 e. The monoisotopic (exact) mass is 518 g/mol. The van der Waals surface area contributed by atoms with Crippen molar-refractivity contribution >= 4 is 33.6 Å². The number of benzene rings is 3. The Labute approximate surface area is 195 Å². The van der Waals surface area contributed by atoms with Crippen LogP contribution in [-0.4, -0.2) is 5.91 Å². The van der Waals surface area contributed by atoms with Gasteiger partial charge in [-0.2, -0.15) is 18.4 Å². The maximum atomic E-state index is 13.4. The van der Waals surface area contributed by atoms with Gasteiger partial charge in [0.15, 0.2) is 0 Å². The fourth-order valence-corrected chi connectivity index (χ4v) is 3.21. The number of halogens is 5. The van der Waals surface area contributed by atoms with Gasteiger partial charge >= 0.3 is 6.18 Å². The summed E-state index contributed by atoms with van der Waals surface area (Å²) in [4.78, 5) is 12.5. The van der Waals surface area contributed by atoms with Gasteiger partial charge in [-0.25, -0.2) is 4.39 Å². The van der Waals surface area contributed by atoms with Crippen LogP contribution in [0.3, 0.4) is 0 Å². The molecule has 0 aliphatic rings. The summed E-state index contributed by atoms with van der Waals surface area (Å²) in [6.45, 7) is 0.0402. The average Bonchev–Trinajstić information content (AvgIpc) is 2.76. The second-order valence-electron chi connectivity index (χ2n) is 6.80. The van der Waals surface area contributed by atoms with Gasteiger partial charge in [0, 0.05) is 15.7 Å². The summed E-state index contributed by atoms with van der Waals surface area (Å²) in [5.41, 5.74) is -0.427. The molecule has 0 fully saturated rings. The fourth-order valence-electron chi connectivity index (χ4n) is 2.83. The van der Waals surface area contributed by atoms with Crippen LogP contribution in [0.5, 0.6) is 5.75 Å². The Morgan fingerprint density at radius 2 is 1.85 bits per heavy atom. The van der Waals surface area contributed by atoms with E-state index in [1.165, 1.54) is 24.3 Å². The number of rotatable bonds is 6. The average molecular weight is 519 g/mol. The Kier molecular flexibility index (Phi) is 7.51. The third-order valence-corrected chi connectivity index (χ3v) is 4.86. The SMILES string of the molecule is N#C/C(=C\c1cc(Br)ccc1OCc1cccc(F)c1)C(=O)Nc1cccc(C(F)(F)F)c1. The molecule has 0 bridgehead atoms. The molecule has 0 aromatic heterocycles. The molecule has 0 aliphatic carbocycles. The lowest BCUT2D eigenvalue weighted by molar-refractivity contribution is -0.137. The lowest BCUT2D eigenvalue weighted by Gasteiger charge is -2.11.